The van der Waals surface area contributed by atoms with Crippen LogP contribution < -0.4 is 4.74 Å². The van der Waals surface area contributed by atoms with E-state index >= 15 is 0 Å². The topological polar surface area (TPSA) is 29.5 Å². The molecule has 1 aliphatic rings. The SMILES string of the molecule is Oc1cccc2c1-c1cc(CCc3cccc(OC(F)(F)F)c3)ccc1C2. The standard InChI is InChI=1S/C22H17F3O2/c23-22(24,25)27-18-5-1-3-14(11-18)7-8-15-9-10-16-13-17-4-2-6-20(26)21(17)19(16)12-15/h1-6,9-12,26H,7-8,13H2. The van der Waals surface area contributed by atoms with E-state index in [1.807, 2.05) is 18.2 Å². The van der Waals surface area contributed by atoms with Gasteiger partial charge in [0, 0.05) is 5.56 Å². The first-order valence-electron chi connectivity index (χ1n) is 8.67. The van der Waals surface area contributed by atoms with Crippen LogP contribution in [-0.4, -0.2) is 11.5 Å². The van der Waals surface area contributed by atoms with Crippen LogP contribution in [0.1, 0.15) is 22.3 Å². The van der Waals surface area contributed by atoms with Crippen molar-refractivity contribution < 1.29 is 23.0 Å². The summed E-state index contributed by atoms with van der Waals surface area (Å²) in [6.45, 7) is 0. The van der Waals surface area contributed by atoms with E-state index in [0.717, 1.165) is 34.2 Å². The second kappa shape index (κ2) is 6.65. The van der Waals surface area contributed by atoms with Crippen LogP contribution in [0.2, 0.25) is 0 Å². The molecule has 1 aliphatic carbocycles. The van der Waals surface area contributed by atoms with E-state index in [-0.39, 0.29) is 11.5 Å². The monoisotopic (exact) mass is 370 g/mol. The molecule has 0 fully saturated rings. The van der Waals surface area contributed by atoms with E-state index in [0.29, 0.717) is 12.8 Å². The average Bonchev–Trinajstić information content (AvgIpc) is 2.98. The second-order valence-corrected chi connectivity index (χ2v) is 6.67. The summed E-state index contributed by atoms with van der Waals surface area (Å²) in [7, 11) is 0. The maximum atomic E-state index is 12.4. The van der Waals surface area contributed by atoms with E-state index in [4.69, 9.17) is 0 Å². The van der Waals surface area contributed by atoms with Gasteiger partial charge in [0.05, 0.1) is 0 Å². The van der Waals surface area contributed by atoms with E-state index in [1.54, 1.807) is 18.2 Å². The number of aryl methyl sites for hydroxylation is 2. The van der Waals surface area contributed by atoms with E-state index < -0.39 is 6.36 Å². The molecule has 0 heterocycles. The Balaban J connectivity index is 1.52. The molecule has 0 amide bonds. The van der Waals surface area contributed by atoms with Gasteiger partial charge < -0.3 is 9.84 Å². The molecule has 0 aromatic heterocycles. The Labute approximate surface area is 154 Å². The molecule has 3 aromatic carbocycles. The number of phenols is 1. The average molecular weight is 370 g/mol. The number of phenolic OH excluding ortho intramolecular Hbond substituents is 1. The molecule has 0 radical (unpaired) electrons. The van der Waals surface area contributed by atoms with Gasteiger partial charge >= 0.3 is 6.36 Å². The van der Waals surface area contributed by atoms with Crippen molar-refractivity contribution in [1.29, 1.82) is 0 Å². The third-order valence-electron chi connectivity index (χ3n) is 4.79. The number of rotatable bonds is 4. The highest BCUT2D eigenvalue weighted by atomic mass is 19.4. The summed E-state index contributed by atoms with van der Waals surface area (Å²) in [5, 5.41) is 10.2. The number of halogens is 3. The van der Waals surface area contributed by atoms with Gasteiger partial charge in [0.1, 0.15) is 11.5 Å². The van der Waals surface area contributed by atoms with Crippen LogP contribution in [-0.2, 0) is 19.3 Å². The Morgan fingerprint density at radius 3 is 2.37 bits per heavy atom. The van der Waals surface area contributed by atoms with Crippen molar-refractivity contribution in [3.05, 3.63) is 82.9 Å². The van der Waals surface area contributed by atoms with Crippen LogP contribution in [0, 0.1) is 0 Å². The minimum absolute atomic E-state index is 0.201. The minimum Gasteiger partial charge on any atom is -0.507 e. The van der Waals surface area contributed by atoms with Crippen molar-refractivity contribution in [1.82, 2.24) is 0 Å². The Bertz CT molecular complexity index is 993. The van der Waals surface area contributed by atoms with Crippen LogP contribution >= 0.6 is 0 Å². The first-order valence-corrected chi connectivity index (χ1v) is 8.67. The lowest BCUT2D eigenvalue weighted by molar-refractivity contribution is -0.274. The van der Waals surface area contributed by atoms with Crippen LogP contribution in [0.4, 0.5) is 13.2 Å². The largest absolute Gasteiger partial charge is 0.573 e. The van der Waals surface area contributed by atoms with Crippen LogP contribution in [0.25, 0.3) is 11.1 Å². The Morgan fingerprint density at radius 2 is 1.59 bits per heavy atom. The van der Waals surface area contributed by atoms with Gasteiger partial charge in [-0.1, -0.05) is 42.5 Å². The molecule has 0 unspecified atom stereocenters. The van der Waals surface area contributed by atoms with Gasteiger partial charge in [-0.15, -0.1) is 13.2 Å². The number of hydrogen-bond donors (Lipinski definition) is 1. The maximum absolute atomic E-state index is 12.4. The predicted molar refractivity (Wildman–Crippen MR) is 96.9 cm³/mol. The van der Waals surface area contributed by atoms with E-state index in [2.05, 4.69) is 16.9 Å². The second-order valence-electron chi connectivity index (χ2n) is 6.67. The number of alkyl halides is 3. The fourth-order valence-electron chi connectivity index (χ4n) is 3.60. The molecule has 0 atom stereocenters. The smallest absolute Gasteiger partial charge is 0.507 e. The highest BCUT2D eigenvalue weighted by Crippen LogP contribution is 2.42. The Hall–Kier alpha value is -2.95. The fraction of sp³-hybridized carbons (Fsp3) is 0.182. The Morgan fingerprint density at radius 1 is 0.852 bits per heavy atom. The zero-order valence-electron chi connectivity index (χ0n) is 14.4. The molecular weight excluding hydrogens is 353 g/mol. The van der Waals surface area contributed by atoms with Crippen LogP contribution in [0.5, 0.6) is 11.5 Å². The number of aromatic hydroxyl groups is 1. The van der Waals surface area contributed by atoms with E-state index in [9.17, 15) is 18.3 Å². The predicted octanol–water partition coefficient (Wildman–Crippen LogP) is 5.65. The number of fused-ring (bicyclic) bond motifs is 3. The molecule has 2 nitrogen and oxygen atoms in total. The molecule has 0 saturated heterocycles. The molecule has 0 spiro atoms. The third-order valence-corrected chi connectivity index (χ3v) is 4.79. The van der Waals surface area contributed by atoms with Crippen molar-refractivity contribution in [3.63, 3.8) is 0 Å². The third kappa shape index (κ3) is 3.77. The molecule has 0 aliphatic heterocycles. The highest BCUT2D eigenvalue weighted by Gasteiger charge is 2.31. The van der Waals surface area contributed by atoms with Gasteiger partial charge in [0.15, 0.2) is 0 Å². The minimum atomic E-state index is -4.69. The van der Waals surface area contributed by atoms with E-state index in [1.165, 1.54) is 17.7 Å². The first-order chi connectivity index (χ1) is 12.9. The van der Waals surface area contributed by atoms with Gasteiger partial charge in [0.25, 0.3) is 0 Å². The number of ether oxygens (including phenoxy) is 1. The van der Waals surface area contributed by atoms with Crippen LogP contribution in [0.3, 0.4) is 0 Å². The van der Waals surface area contributed by atoms with Gasteiger partial charge in [-0.3, -0.25) is 0 Å². The van der Waals surface area contributed by atoms with Gasteiger partial charge in [-0.05, 0) is 65.3 Å². The summed E-state index contributed by atoms with van der Waals surface area (Å²) in [5.41, 5.74) is 6.06. The fourth-order valence-corrected chi connectivity index (χ4v) is 3.60. The summed E-state index contributed by atoms with van der Waals surface area (Å²) in [4.78, 5) is 0. The summed E-state index contributed by atoms with van der Waals surface area (Å²) < 4.78 is 41.1. The first kappa shape index (κ1) is 17.5. The zero-order chi connectivity index (χ0) is 19.0. The highest BCUT2D eigenvalue weighted by molar-refractivity contribution is 5.81. The maximum Gasteiger partial charge on any atom is 0.573 e. The lowest BCUT2D eigenvalue weighted by Gasteiger charge is -2.10. The zero-order valence-corrected chi connectivity index (χ0v) is 14.4. The van der Waals surface area contributed by atoms with Crippen molar-refractivity contribution in [3.8, 4) is 22.6 Å². The van der Waals surface area contributed by atoms with Crippen molar-refractivity contribution in [2.45, 2.75) is 25.6 Å². The quantitative estimate of drug-likeness (QED) is 0.503. The van der Waals surface area contributed by atoms with Crippen molar-refractivity contribution >= 4 is 0 Å². The normalized spacial score (nSPS) is 12.6. The molecule has 4 rings (SSSR count). The Kier molecular flexibility index (Phi) is 4.30. The molecule has 3 aromatic rings. The number of benzene rings is 3. The van der Waals surface area contributed by atoms with Gasteiger partial charge in [-0.25, -0.2) is 0 Å². The molecule has 1 N–H and O–H groups in total. The van der Waals surface area contributed by atoms with Gasteiger partial charge in [-0.2, -0.15) is 0 Å². The van der Waals surface area contributed by atoms with Crippen LogP contribution in [0.15, 0.2) is 60.7 Å². The van der Waals surface area contributed by atoms with Crippen molar-refractivity contribution in [2.24, 2.45) is 0 Å². The molecule has 0 bridgehead atoms. The number of hydrogen-bond acceptors (Lipinski definition) is 2. The summed E-state index contributed by atoms with van der Waals surface area (Å²) >= 11 is 0. The lowest BCUT2D eigenvalue weighted by atomic mass is 9.98. The molecular formula is C22H17F3O2. The summed E-state index contributed by atoms with van der Waals surface area (Å²) in [5.74, 6) is 0.0770. The molecule has 0 saturated carbocycles. The van der Waals surface area contributed by atoms with Crippen molar-refractivity contribution in [2.75, 3.05) is 0 Å². The summed E-state index contributed by atoms with van der Waals surface area (Å²) in [6, 6.07) is 17.8. The lowest BCUT2D eigenvalue weighted by Crippen LogP contribution is -2.17. The molecule has 27 heavy (non-hydrogen) atoms. The molecule has 138 valence electrons. The summed E-state index contributed by atoms with van der Waals surface area (Å²) in [6.07, 6.45) is -2.60. The molecule has 5 heteroatoms. The van der Waals surface area contributed by atoms with Gasteiger partial charge in [0.2, 0.25) is 0 Å².